The highest BCUT2D eigenvalue weighted by Gasteiger charge is 2.48. The van der Waals surface area contributed by atoms with Gasteiger partial charge in [-0.2, -0.15) is 0 Å². The molecule has 2 saturated heterocycles. The van der Waals surface area contributed by atoms with Crippen LogP contribution < -0.4 is 14.2 Å². The molecule has 3 bridgehead atoms. The number of morpholine rings is 1. The Morgan fingerprint density at radius 2 is 1.59 bits per heavy atom. The zero-order valence-electron chi connectivity index (χ0n) is 20.4. The quantitative estimate of drug-likeness (QED) is 0.418. The van der Waals surface area contributed by atoms with Crippen molar-refractivity contribution in [1.29, 1.82) is 0 Å². The summed E-state index contributed by atoms with van der Waals surface area (Å²) in [5, 5.41) is 10.9. The number of benzene rings is 1. The van der Waals surface area contributed by atoms with Crippen molar-refractivity contribution in [2.75, 3.05) is 52.5 Å². The number of carbonyl (C=O) groups excluding carboxylic acids is 4. The SMILES string of the molecule is O=C1CC2(O)CC(=O)Oc3c(C(=O)N4CCN(C5CC5)CC4)cc(c(CN4CCOCC4)c3OC2=O)O1. The minimum Gasteiger partial charge on any atom is -0.426 e. The van der Waals surface area contributed by atoms with Crippen molar-refractivity contribution in [3.63, 3.8) is 0 Å². The molecule has 1 aromatic carbocycles. The first-order valence-electron chi connectivity index (χ1n) is 12.7. The molecule has 1 saturated carbocycles. The number of piperazine rings is 1. The Labute approximate surface area is 213 Å². The lowest BCUT2D eigenvalue weighted by Gasteiger charge is -2.35. The van der Waals surface area contributed by atoms with Crippen molar-refractivity contribution in [2.24, 2.45) is 0 Å². The topological polar surface area (TPSA) is 135 Å². The van der Waals surface area contributed by atoms with Crippen LogP contribution in [0.3, 0.4) is 0 Å². The third-order valence-electron chi connectivity index (χ3n) is 7.57. The van der Waals surface area contributed by atoms with E-state index in [0.717, 1.165) is 13.1 Å². The monoisotopic (exact) mass is 515 g/mol. The minimum atomic E-state index is -2.45. The molecule has 37 heavy (non-hydrogen) atoms. The molecule has 0 aromatic heterocycles. The summed E-state index contributed by atoms with van der Waals surface area (Å²) in [5.41, 5.74) is -2.19. The second kappa shape index (κ2) is 9.35. The molecular formula is C25H29N3O9. The van der Waals surface area contributed by atoms with E-state index in [0.29, 0.717) is 45.4 Å². The molecule has 1 atom stereocenters. The molecular weight excluding hydrogens is 486 g/mol. The molecule has 1 amide bonds. The smallest absolute Gasteiger partial charge is 0.344 e. The van der Waals surface area contributed by atoms with Crippen LogP contribution in [-0.2, 0) is 25.7 Å². The molecule has 1 aromatic rings. The van der Waals surface area contributed by atoms with E-state index >= 15 is 0 Å². The Morgan fingerprint density at radius 3 is 2.27 bits per heavy atom. The summed E-state index contributed by atoms with van der Waals surface area (Å²) >= 11 is 0. The van der Waals surface area contributed by atoms with E-state index in [1.165, 1.54) is 18.9 Å². The number of ether oxygens (including phenoxy) is 4. The number of hydrogen-bond donors (Lipinski definition) is 1. The van der Waals surface area contributed by atoms with Gasteiger partial charge in [-0.1, -0.05) is 0 Å². The number of nitrogens with zero attached hydrogens (tertiary/aromatic N) is 3. The van der Waals surface area contributed by atoms with Crippen LogP contribution in [0, 0.1) is 0 Å². The van der Waals surface area contributed by atoms with Gasteiger partial charge in [0.2, 0.25) is 0 Å². The van der Waals surface area contributed by atoms with Crippen LogP contribution in [-0.4, -0.2) is 108 Å². The Balaban J connectivity index is 1.43. The molecule has 12 heteroatoms. The molecule has 12 nitrogen and oxygen atoms in total. The van der Waals surface area contributed by atoms with Gasteiger partial charge in [-0.05, 0) is 18.9 Å². The molecule has 0 radical (unpaired) electrons. The molecule has 1 N–H and O–H groups in total. The molecule has 6 rings (SSSR count). The largest absolute Gasteiger partial charge is 0.426 e. The molecule has 1 unspecified atom stereocenters. The van der Waals surface area contributed by atoms with Crippen molar-refractivity contribution in [2.45, 2.75) is 43.9 Å². The van der Waals surface area contributed by atoms with Crippen molar-refractivity contribution < 1.29 is 43.2 Å². The molecule has 4 aliphatic heterocycles. The summed E-state index contributed by atoms with van der Waals surface area (Å²) in [5.74, 6) is -3.80. The summed E-state index contributed by atoms with van der Waals surface area (Å²) in [6, 6.07) is 1.97. The lowest BCUT2D eigenvalue weighted by atomic mass is 9.95. The summed E-state index contributed by atoms with van der Waals surface area (Å²) in [7, 11) is 0. The molecule has 1 aliphatic carbocycles. The van der Waals surface area contributed by atoms with Gasteiger partial charge in [0.05, 0.1) is 37.2 Å². The minimum absolute atomic E-state index is 0.0307. The second-order valence-corrected chi connectivity index (χ2v) is 10.2. The third-order valence-corrected chi connectivity index (χ3v) is 7.57. The van der Waals surface area contributed by atoms with Crippen LogP contribution in [0.2, 0.25) is 0 Å². The van der Waals surface area contributed by atoms with E-state index < -0.39 is 42.3 Å². The van der Waals surface area contributed by atoms with Gasteiger partial charge in [0.15, 0.2) is 17.1 Å². The normalized spacial score (nSPS) is 26.9. The first-order valence-corrected chi connectivity index (χ1v) is 12.7. The molecule has 198 valence electrons. The number of hydrogen-bond acceptors (Lipinski definition) is 11. The van der Waals surface area contributed by atoms with Crippen LogP contribution in [0.5, 0.6) is 17.2 Å². The molecule has 0 spiro atoms. The summed E-state index contributed by atoms with van der Waals surface area (Å²) in [6.07, 6.45) is 0.744. The van der Waals surface area contributed by atoms with E-state index in [1.807, 2.05) is 4.90 Å². The average molecular weight is 516 g/mol. The number of rotatable bonds is 4. The highest BCUT2D eigenvalue weighted by Crippen LogP contribution is 2.46. The highest BCUT2D eigenvalue weighted by molar-refractivity contribution is 6.02. The maximum Gasteiger partial charge on any atom is 0.344 e. The maximum absolute atomic E-state index is 13.7. The van der Waals surface area contributed by atoms with Crippen molar-refractivity contribution in [1.82, 2.24) is 14.7 Å². The number of carbonyl (C=O) groups is 4. The van der Waals surface area contributed by atoms with Crippen LogP contribution in [0.1, 0.15) is 41.6 Å². The fourth-order valence-electron chi connectivity index (χ4n) is 5.33. The fourth-order valence-corrected chi connectivity index (χ4v) is 5.33. The van der Waals surface area contributed by atoms with Crippen LogP contribution >= 0.6 is 0 Å². The number of fused-ring (bicyclic) bond motifs is 3. The van der Waals surface area contributed by atoms with E-state index in [4.69, 9.17) is 18.9 Å². The van der Waals surface area contributed by atoms with Gasteiger partial charge in [-0.25, -0.2) is 4.79 Å². The van der Waals surface area contributed by atoms with Gasteiger partial charge in [0.25, 0.3) is 5.91 Å². The average Bonchev–Trinajstić information content (AvgIpc) is 3.72. The van der Waals surface area contributed by atoms with Crippen molar-refractivity contribution in [3.8, 4) is 17.2 Å². The second-order valence-electron chi connectivity index (χ2n) is 10.2. The van der Waals surface area contributed by atoms with Crippen molar-refractivity contribution >= 4 is 23.8 Å². The van der Waals surface area contributed by atoms with Gasteiger partial charge in [0.1, 0.15) is 5.75 Å². The van der Waals surface area contributed by atoms with Gasteiger partial charge in [-0.15, -0.1) is 0 Å². The Kier molecular flexibility index (Phi) is 6.14. The first kappa shape index (κ1) is 24.3. The lowest BCUT2D eigenvalue weighted by Crippen LogP contribution is -2.49. The number of esters is 3. The zero-order chi connectivity index (χ0) is 25.7. The molecule has 5 aliphatic rings. The Morgan fingerprint density at radius 1 is 0.919 bits per heavy atom. The van der Waals surface area contributed by atoms with Gasteiger partial charge in [0, 0.05) is 51.9 Å². The molecule has 3 fully saturated rings. The number of aliphatic hydroxyl groups is 1. The lowest BCUT2D eigenvalue weighted by molar-refractivity contribution is -0.168. The predicted molar refractivity (Wildman–Crippen MR) is 124 cm³/mol. The van der Waals surface area contributed by atoms with Gasteiger partial charge in [-0.3, -0.25) is 24.2 Å². The predicted octanol–water partition coefficient (Wildman–Crippen LogP) is -0.306. The highest BCUT2D eigenvalue weighted by atomic mass is 16.6. The van der Waals surface area contributed by atoms with Gasteiger partial charge < -0.3 is 29.0 Å². The van der Waals surface area contributed by atoms with Crippen LogP contribution in [0.15, 0.2) is 6.07 Å². The van der Waals surface area contributed by atoms with Crippen LogP contribution in [0.4, 0.5) is 0 Å². The van der Waals surface area contributed by atoms with Crippen LogP contribution in [0.25, 0.3) is 0 Å². The van der Waals surface area contributed by atoms with E-state index in [9.17, 15) is 24.3 Å². The zero-order valence-corrected chi connectivity index (χ0v) is 20.4. The summed E-state index contributed by atoms with van der Waals surface area (Å²) < 4.78 is 22.3. The Hall–Kier alpha value is -3.06. The molecule has 4 heterocycles. The maximum atomic E-state index is 13.7. The van der Waals surface area contributed by atoms with E-state index in [2.05, 4.69) is 4.90 Å². The standard InChI is InChI=1S/C25H29N3O9/c29-19-12-25(33)13-20(30)36-21-16(23(31)28-5-3-27(4-6-28)15-1-2-15)11-18(35-19)17(22(21)37-24(25)32)14-26-7-9-34-10-8-26/h11,15,33H,1-10,12-14H2. The fraction of sp³-hybridized carbons (Fsp3) is 0.600. The Bertz CT molecular complexity index is 1150. The number of amides is 1. The third kappa shape index (κ3) is 4.70. The van der Waals surface area contributed by atoms with Gasteiger partial charge >= 0.3 is 17.9 Å². The first-order chi connectivity index (χ1) is 17.8. The van der Waals surface area contributed by atoms with E-state index in [-0.39, 0.29) is 34.9 Å². The summed E-state index contributed by atoms with van der Waals surface area (Å²) in [6.45, 7) is 4.77. The van der Waals surface area contributed by atoms with Crippen molar-refractivity contribution in [3.05, 3.63) is 17.2 Å². The summed E-state index contributed by atoms with van der Waals surface area (Å²) in [4.78, 5) is 58.5. The van der Waals surface area contributed by atoms with E-state index in [1.54, 1.807) is 4.90 Å².